The Hall–Kier alpha value is -2.24. The Kier molecular flexibility index (Phi) is 4.14. The second kappa shape index (κ2) is 5.39. The van der Waals surface area contributed by atoms with Crippen molar-refractivity contribution in [3.63, 3.8) is 0 Å². The van der Waals surface area contributed by atoms with Gasteiger partial charge in [0.15, 0.2) is 0 Å². The molecule has 0 saturated heterocycles. The molecular weight excluding hydrogens is 240 g/mol. The first-order chi connectivity index (χ1) is 8.45. The van der Waals surface area contributed by atoms with Gasteiger partial charge in [-0.3, -0.25) is 10.1 Å². The fourth-order valence-electron chi connectivity index (χ4n) is 1.19. The monoisotopic (exact) mass is 252 g/mol. The van der Waals surface area contributed by atoms with Gasteiger partial charge < -0.3 is 15.5 Å². The number of aromatic nitrogens is 1. The van der Waals surface area contributed by atoms with E-state index in [-0.39, 0.29) is 24.7 Å². The number of hydrogen-bond acceptors (Lipinski definition) is 7. The number of aliphatic hydroxyl groups excluding tert-OH is 2. The highest BCUT2D eigenvalue weighted by Crippen LogP contribution is 2.20. The first-order valence-corrected chi connectivity index (χ1v) is 5.01. The van der Waals surface area contributed by atoms with E-state index in [0.29, 0.717) is 0 Å². The molecule has 1 rings (SSSR count). The van der Waals surface area contributed by atoms with Crippen LogP contribution in [0.5, 0.6) is 0 Å². The van der Waals surface area contributed by atoms with Gasteiger partial charge in [0.25, 0.3) is 0 Å². The van der Waals surface area contributed by atoms with Gasteiger partial charge in [0.05, 0.1) is 23.7 Å². The van der Waals surface area contributed by atoms with Crippen molar-refractivity contribution in [2.24, 2.45) is 0 Å². The molecule has 1 aromatic heterocycles. The summed E-state index contributed by atoms with van der Waals surface area (Å²) in [5.74, 6) is 0.169. The molecule has 0 amide bonds. The third-order valence-corrected chi connectivity index (χ3v) is 2.30. The third kappa shape index (κ3) is 2.91. The number of pyridine rings is 1. The number of aliphatic hydroxyl groups is 2. The Morgan fingerprint density at radius 2 is 2.17 bits per heavy atom. The SMILES string of the molecule is CC(CO)(CO)Nc1ccc([N+](=O)[O-])c(C#N)n1. The van der Waals surface area contributed by atoms with Crippen LogP contribution in [0.4, 0.5) is 11.5 Å². The van der Waals surface area contributed by atoms with E-state index in [0.717, 1.165) is 6.07 Å². The van der Waals surface area contributed by atoms with Crippen molar-refractivity contribution in [2.45, 2.75) is 12.5 Å². The topological polar surface area (TPSA) is 132 Å². The van der Waals surface area contributed by atoms with Crippen molar-refractivity contribution in [3.05, 3.63) is 27.9 Å². The molecule has 0 aromatic carbocycles. The molecule has 96 valence electrons. The maximum absolute atomic E-state index is 10.6. The van der Waals surface area contributed by atoms with Gasteiger partial charge in [0, 0.05) is 6.07 Å². The molecule has 1 heterocycles. The summed E-state index contributed by atoms with van der Waals surface area (Å²) >= 11 is 0. The molecule has 0 atom stereocenters. The van der Waals surface area contributed by atoms with Gasteiger partial charge in [-0.05, 0) is 13.0 Å². The highest BCUT2D eigenvalue weighted by atomic mass is 16.6. The lowest BCUT2D eigenvalue weighted by molar-refractivity contribution is -0.385. The minimum Gasteiger partial charge on any atom is -0.394 e. The number of nitro groups is 1. The number of rotatable bonds is 5. The number of nitrogens with one attached hydrogen (secondary N) is 1. The average molecular weight is 252 g/mol. The highest BCUT2D eigenvalue weighted by Gasteiger charge is 2.24. The molecule has 8 heteroatoms. The number of nitrogens with zero attached hydrogens (tertiary/aromatic N) is 3. The zero-order valence-corrected chi connectivity index (χ0v) is 9.62. The number of nitriles is 1. The molecule has 18 heavy (non-hydrogen) atoms. The van der Waals surface area contributed by atoms with Gasteiger partial charge in [0.1, 0.15) is 11.9 Å². The lowest BCUT2D eigenvalue weighted by Gasteiger charge is -2.26. The first kappa shape index (κ1) is 13.8. The molecule has 0 spiro atoms. The largest absolute Gasteiger partial charge is 0.394 e. The second-order valence-corrected chi connectivity index (χ2v) is 3.94. The molecule has 3 N–H and O–H groups in total. The lowest BCUT2D eigenvalue weighted by Crippen LogP contribution is -2.42. The summed E-state index contributed by atoms with van der Waals surface area (Å²) in [5.41, 5.74) is -1.74. The van der Waals surface area contributed by atoms with E-state index in [1.165, 1.54) is 6.07 Å². The first-order valence-electron chi connectivity index (χ1n) is 5.01. The maximum Gasteiger partial charge on any atom is 0.305 e. The average Bonchev–Trinajstić information content (AvgIpc) is 2.38. The van der Waals surface area contributed by atoms with Crippen LogP contribution in [0.2, 0.25) is 0 Å². The van der Waals surface area contributed by atoms with Crippen LogP contribution in [0.3, 0.4) is 0 Å². The Morgan fingerprint density at radius 1 is 1.56 bits per heavy atom. The van der Waals surface area contributed by atoms with Crippen molar-refractivity contribution < 1.29 is 15.1 Å². The number of anilines is 1. The molecule has 0 unspecified atom stereocenters. The van der Waals surface area contributed by atoms with Crippen LogP contribution in [0, 0.1) is 21.4 Å². The van der Waals surface area contributed by atoms with Crippen LogP contribution in [0.1, 0.15) is 12.6 Å². The Balaban J connectivity index is 3.08. The zero-order chi connectivity index (χ0) is 13.8. The molecule has 0 bridgehead atoms. The summed E-state index contributed by atoms with van der Waals surface area (Å²) in [6.45, 7) is 0.830. The summed E-state index contributed by atoms with van der Waals surface area (Å²) < 4.78 is 0. The normalized spacial score (nSPS) is 10.8. The quantitative estimate of drug-likeness (QED) is 0.496. The van der Waals surface area contributed by atoms with E-state index in [4.69, 9.17) is 15.5 Å². The van der Waals surface area contributed by atoms with Crippen LogP contribution in [0.25, 0.3) is 0 Å². The smallest absolute Gasteiger partial charge is 0.305 e. The van der Waals surface area contributed by atoms with Crippen LogP contribution >= 0.6 is 0 Å². The van der Waals surface area contributed by atoms with Crippen molar-refractivity contribution in [1.82, 2.24) is 4.98 Å². The van der Waals surface area contributed by atoms with Gasteiger partial charge in [-0.15, -0.1) is 0 Å². The summed E-state index contributed by atoms with van der Waals surface area (Å²) in [7, 11) is 0. The molecule has 0 aliphatic rings. The summed E-state index contributed by atoms with van der Waals surface area (Å²) in [6, 6.07) is 4.07. The van der Waals surface area contributed by atoms with E-state index in [1.807, 2.05) is 0 Å². The van der Waals surface area contributed by atoms with Gasteiger partial charge in [-0.1, -0.05) is 0 Å². The number of hydrogen-bond donors (Lipinski definition) is 3. The van der Waals surface area contributed by atoms with Crippen LogP contribution in [0.15, 0.2) is 12.1 Å². The predicted octanol–water partition coefficient (Wildman–Crippen LogP) is 0.0167. The predicted molar refractivity (Wildman–Crippen MR) is 61.8 cm³/mol. The molecule has 0 aliphatic heterocycles. The minimum absolute atomic E-state index is 0.169. The van der Waals surface area contributed by atoms with Crippen molar-refractivity contribution >= 4 is 11.5 Å². The molecule has 1 aromatic rings. The zero-order valence-electron chi connectivity index (χ0n) is 9.62. The molecular formula is C10H12N4O4. The van der Waals surface area contributed by atoms with E-state index in [1.54, 1.807) is 13.0 Å². The molecule has 0 saturated carbocycles. The van der Waals surface area contributed by atoms with E-state index in [2.05, 4.69) is 10.3 Å². The third-order valence-electron chi connectivity index (χ3n) is 2.30. The molecule has 0 radical (unpaired) electrons. The Morgan fingerprint density at radius 3 is 2.61 bits per heavy atom. The van der Waals surface area contributed by atoms with E-state index in [9.17, 15) is 10.1 Å². The Bertz CT molecular complexity index is 493. The summed E-state index contributed by atoms with van der Waals surface area (Å²) in [5, 5.41) is 40.3. The van der Waals surface area contributed by atoms with Gasteiger partial charge >= 0.3 is 5.69 Å². The van der Waals surface area contributed by atoms with Gasteiger partial charge in [0.2, 0.25) is 5.69 Å². The van der Waals surface area contributed by atoms with Crippen molar-refractivity contribution in [3.8, 4) is 6.07 Å². The molecule has 8 nitrogen and oxygen atoms in total. The summed E-state index contributed by atoms with van der Waals surface area (Å²) in [4.78, 5) is 13.7. The maximum atomic E-state index is 10.6. The van der Waals surface area contributed by atoms with Gasteiger partial charge in [-0.25, -0.2) is 4.98 Å². The second-order valence-electron chi connectivity index (χ2n) is 3.94. The van der Waals surface area contributed by atoms with Crippen LogP contribution in [-0.4, -0.2) is 38.9 Å². The van der Waals surface area contributed by atoms with Crippen LogP contribution in [-0.2, 0) is 0 Å². The Labute approximate surface area is 103 Å². The molecule has 0 aliphatic carbocycles. The van der Waals surface area contributed by atoms with E-state index < -0.39 is 16.1 Å². The minimum atomic E-state index is -1.02. The van der Waals surface area contributed by atoms with E-state index >= 15 is 0 Å². The lowest BCUT2D eigenvalue weighted by atomic mass is 10.1. The fourth-order valence-corrected chi connectivity index (χ4v) is 1.19. The van der Waals surface area contributed by atoms with Gasteiger partial charge in [-0.2, -0.15) is 5.26 Å². The standard InChI is InChI=1S/C10H12N4O4/c1-10(5-15,6-16)13-9-3-2-8(14(17)18)7(4-11)12-9/h2-3,15-16H,5-6H2,1H3,(H,12,13). The van der Waals surface area contributed by atoms with Crippen molar-refractivity contribution in [2.75, 3.05) is 18.5 Å². The van der Waals surface area contributed by atoms with Crippen LogP contribution < -0.4 is 5.32 Å². The highest BCUT2D eigenvalue weighted by molar-refractivity contribution is 5.51. The molecule has 0 fully saturated rings. The fraction of sp³-hybridized carbons (Fsp3) is 0.400. The van der Waals surface area contributed by atoms with Crippen molar-refractivity contribution in [1.29, 1.82) is 5.26 Å². The summed E-state index contributed by atoms with van der Waals surface area (Å²) in [6.07, 6.45) is 0.